The number of benzene rings is 1. The van der Waals surface area contributed by atoms with Crippen LogP contribution in [0.15, 0.2) is 12.1 Å². The lowest BCUT2D eigenvalue weighted by molar-refractivity contribution is -0.171. The maximum atomic E-state index is 5.96. The van der Waals surface area contributed by atoms with Gasteiger partial charge < -0.3 is 14.2 Å². The molecule has 0 unspecified atom stereocenters. The minimum Gasteiger partial charge on any atom is -0.493 e. The molecular weight excluding hydrogens is 252 g/mol. The van der Waals surface area contributed by atoms with E-state index in [2.05, 4.69) is 39.8 Å². The highest BCUT2D eigenvalue weighted by atomic mass is 16.7. The fourth-order valence-electron chi connectivity index (χ4n) is 2.80. The van der Waals surface area contributed by atoms with Gasteiger partial charge in [0.05, 0.1) is 19.8 Å². The second-order valence-electron chi connectivity index (χ2n) is 5.41. The zero-order valence-electron chi connectivity index (χ0n) is 13.1. The molecule has 1 aliphatic heterocycles. The van der Waals surface area contributed by atoms with Crippen LogP contribution in [0.1, 0.15) is 49.8 Å². The molecule has 20 heavy (non-hydrogen) atoms. The van der Waals surface area contributed by atoms with Crippen LogP contribution < -0.4 is 4.74 Å². The van der Waals surface area contributed by atoms with E-state index < -0.39 is 5.79 Å². The highest BCUT2D eigenvalue weighted by Crippen LogP contribution is 2.40. The third kappa shape index (κ3) is 2.84. The molecule has 1 aliphatic rings. The first-order chi connectivity index (χ1) is 9.64. The molecular formula is C17H26O3. The highest BCUT2D eigenvalue weighted by Gasteiger charge is 2.39. The molecule has 1 heterocycles. The van der Waals surface area contributed by atoms with E-state index in [1.165, 1.54) is 11.1 Å². The zero-order chi connectivity index (χ0) is 14.6. The van der Waals surface area contributed by atoms with Crippen LogP contribution in [0.25, 0.3) is 0 Å². The van der Waals surface area contributed by atoms with Crippen molar-refractivity contribution in [2.45, 2.75) is 52.7 Å². The summed E-state index contributed by atoms with van der Waals surface area (Å²) in [7, 11) is 0. The van der Waals surface area contributed by atoms with Crippen molar-refractivity contribution in [2.75, 3.05) is 19.8 Å². The molecule has 0 N–H and O–H groups in total. The van der Waals surface area contributed by atoms with Gasteiger partial charge >= 0.3 is 0 Å². The van der Waals surface area contributed by atoms with Crippen LogP contribution in [0.3, 0.4) is 0 Å². The van der Waals surface area contributed by atoms with E-state index in [0.717, 1.165) is 37.2 Å². The second-order valence-corrected chi connectivity index (χ2v) is 5.41. The maximum absolute atomic E-state index is 5.96. The SMILES string of the molecule is CCCOc1ccc(C2(CCC)OCCO2)c(C)c1C. The standard InChI is InChI=1S/C17H26O3/c1-5-9-17(19-11-12-20-17)15-7-8-16(18-10-6-2)14(4)13(15)3/h7-8H,5-6,9-12H2,1-4H3. The molecule has 0 aromatic heterocycles. The van der Waals surface area contributed by atoms with Crippen LogP contribution in [-0.2, 0) is 15.3 Å². The molecule has 0 spiro atoms. The summed E-state index contributed by atoms with van der Waals surface area (Å²) in [6.07, 6.45) is 2.95. The Hall–Kier alpha value is -1.06. The van der Waals surface area contributed by atoms with Crippen molar-refractivity contribution in [1.29, 1.82) is 0 Å². The van der Waals surface area contributed by atoms with Crippen LogP contribution >= 0.6 is 0 Å². The predicted octanol–water partition coefficient (Wildman–Crippen LogP) is 4.09. The molecule has 0 amide bonds. The van der Waals surface area contributed by atoms with E-state index in [4.69, 9.17) is 14.2 Å². The van der Waals surface area contributed by atoms with Gasteiger partial charge in [-0.25, -0.2) is 0 Å². The van der Waals surface area contributed by atoms with E-state index in [1.807, 2.05) is 0 Å². The van der Waals surface area contributed by atoms with Gasteiger partial charge in [-0.1, -0.05) is 20.3 Å². The Morgan fingerprint density at radius 1 is 1.05 bits per heavy atom. The van der Waals surface area contributed by atoms with Crippen molar-refractivity contribution >= 4 is 0 Å². The number of ether oxygens (including phenoxy) is 3. The summed E-state index contributed by atoms with van der Waals surface area (Å²) < 4.78 is 17.7. The maximum Gasteiger partial charge on any atom is 0.195 e. The van der Waals surface area contributed by atoms with Gasteiger partial charge in [0.15, 0.2) is 5.79 Å². The molecule has 0 saturated carbocycles. The van der Waals surface area contributed by atoms with Crippen molar-refractivity contribution in [3.05, 3.63) is 28.8 Å². The van der Waals surface area contributed by atoms with Gasteiger partial charge in [0.1, 0.15) is 5.75 Å². The number of hydrogen-bond acceptors (Lipinski definition) is 3. The Kier molecular flexibility index (Phi) is 5.06. The highest BCUT2D eigenvalue weighted by molar-refractivity contribution is 5.45. The van der Waals surface area contributed by atoms with Crippen LogP contribution in [0.2, 0.25) is 0 Å². The smallest absolute Gasteiger partial charge is 0.195 e. The molecule has 1 saturated heterocycles. The normalized spacial score (nSPS) is 17.4. The lowest BCUT2D eigenvalue weighted by atomic mass is 9.93. The van der Waals surface area contributed by atoms with E-state index in [-0.39, 0.29) is 0 Å². The van der Waals surface area contributed by atoms with E-state index in [0.29, 0.717) is 13.2 Å². The first-order valence-corrected chi connectivity index (χ1v) is 7.66. The lowest BCUT2D eigenvalue weighted by Crippen LogP contribution is -2.28. The van der Waals surface area contributed by atoms with E-state index >= 15 is 0 Å². The Bertz CT molecular complexity index is 448. The molecule has 0 bridgehead atoms. The topological polar surface area (TPSA) is 27.7 Å². The number of hydrogen-bond donors (Lipinski definition) is 0. The summed E-state index contributed by atoms with van der Waals surface area (Å²) in [5.41, 5.74) is 3.55. The van der Waals surface area contributed by atoms with Gasteiger partial charge in [0.2, 0.25) is 0 Å². The minimum atomic E-state index is -0.549. The quantitative estimate of drug-likeness (QED) is 0.784. The summed E-state index contributed by atoms with van der Waals surface area (Å²) in [4.78, 5) is 0. The lowest BCUT2D eigenvalue weighted by Gasteiger charge is -2.30. The Balaban J connectivity index is 2.34. The average molecular weight is 278 g/mol. The van der Waals surface area contributed by atoms with Crippen molar-refractivity contribution < 1.29 is 14.2 Å². The largest absolute Gasteiger partial charge is 0.493 e. The fourth-order valence-corrected chi connectivity index (χ4v) is 2.80. The van der Waals surface area contributed by atoms with Crippen molar-refractivity contribution in [3.8, 4) is 5.75 Å². The zero-order valence-corrected chi connectivity index (χ0v) is 13.1. The summed E-state index contributed by atoms with van der Waals surface area (Å²) in [6, 6.07) is 4.16. The molecule has 1 fully saturated rings. The van der Waals surface area contributed by atoms with Crippen LogP contribution in [0, 0.1) is 13.8 Å². The van der Waals surface area contributed by atoms with Crippen molar-refractivity contribution in [2.24, 2.45) is 0 Å². The van der Waals surface area contributed by atoms with Crippen LogP contribution in [-0.4, -0.2) is 19.8 Å². The summed E-state index contributed by atoms with van der Waals surface area (Å²) >= 11 is 0. The Morgan fingerprint density at radius 3 is 2.35 bits per heavy atom. The average Bonchev–Trinajstić information content (AvgIpc) is 2.90. The summed E-state index contributed by atoms with van der Waals surface area (Å²) in [5, 5.41) is 0. The van der Waals surface area contributed by atoms with E-state index in [1.54, 1.807) is 0 Å². The summed E-state index contributed by atoms with van der Waals surface area (Å²) in [5.74, 6) is 0.421. The molecule has 112 valence electrons. The third-order valence-corrected chi connectivity index (χ3v) is 3.94. The predicted molar refractivity (Wildman–Crippen MR) is 80.2 cm³/mol. The minimum absolute atomic E-state index is 0.549. The van der Waals surface area contributed by atoms with Crippen molar-refractivity contribution in [3.63, 3.8) is 0 Å². The molecule has 0 aliphatic carbocycles. The van der Waals surface area contributed by atoms with Gasteiger partial charge in [0.25, 0.3) is 0 Å². The monoisotopic (exact) mass is 278 g/mol. The van der Waals surface area contributed by atoms with Crippen LogP contribution in [0.4, 0.5) is 0 Å². The third-order valence-electron chi connectivity index (χ3n) is 3.94. The fraction of sp³-hybridized carbons (Fsp3) is 0.647. The van der Waals surface area contributed by atoms with Gasteiger partial charge in [0, 0.05) is 12.0 Å². The van der Waals surface area contributed by atoms with Gasteiger partial charge in [-0.3, -0.25) is 0 Å². The second kappa shape index (κ2) is 6.59. The van der Waals surface area contributed by atoms with Crippen LogP contribution in [0.5, 0.6) is 5.75 Å². The van der Waals surface area contributed by atoms with E-state index in [9.17, 15) is 0 Å². The Morgan fingerprint density at radius 2 is 1.75 bits per heavy atom. The molecule has 2 rings (SSSR count). The molecule has 1 aromatic rings. The Labute approximate surface area is 122 Å². The molecule has 0 radical (unpaired) electrons. The molecule has 1 aromatic carbocycles. The first-order valence-electron chi connectivity index (χ1n) is 7.66. The molecule has 3 heteroatoms. The molecule has 3 nitrogen and oxygen atoms in total. The van der Waals surface area contributed by atoms with Gasteiger partial charge in [-0.05, 0) is 43.5 Å². The summed E-state index contributed by atoms with van der Waals surface area (Å²) in [6.45, 7) is 10.6. The van der Waals surface area contributed by atoms with Crippen molar-refractivity contribution in [1.82, 2.24) is 0 Å². The van der Waals surface area contributed by atoms with Gasteiger partial charge in [-0.15, -0.1) is 0 Å². The number of rotatable bonds is 6. The first kappa shape index (κ1) is 15.3. The molecule has 0 atom stereocenters. The van der Waals surface area contributed by atoms with Gasteiger partial charge in [-0.2, -0.15) is 0 Å².